The minimum atomic E-state index is -1.58. The molecule has 0 bridgehead atoms. The van der Waals surface area contributed by atoms with Crippen molar-refractivity contribution in [1.82, 2.24) is 5.32 Å². The van der Waals surface area contributed by atoms with Crippen LogP contribution in [0.1, 0.15) is 168 Å². The third-order valence-electron chi connectivity index (χ3n) is 10.3. The first-order chi connectivity index (χ1) is 27.8. The van der Waals surface area contributed by atoms with E-state index in [-0.39, 0.29) is 12.5 Å². The van der Waals surface area contributed by atoms with Crippen LogP contribution in [0.3, 0.4) is 0 Å². The van der Waals surface area contributed by atoms with Gasteiger partial charge < -0.3 is 40.3 Å². The molecule has 328 valence electrons. The highest BCUT2D eigenvalue weighted by Crippen LogP contribution is 2.22. The highest BCUT2D eigenvalue weighted by Gasteiger charge is 2.44. The van der Waals surface area contributed by atoms with Gasteiger partial charge in [0.25, 0.3) is 0 Å². The molecule has 1 amide bonds. The zero-order valence-corrected chi connectivity index (χ0v) is 35.8. The van der Waals surface area contributed by atoms with Gasteiger partial charge in [0.15, 0.2) is 6.29 Å². The minimum Gasteiger partial charge on any atom is -0.394 e. The van der Waals surface area contributed by atoms with Gasteiger partial charge in [0.05, 0.1) is 25.4 Å². The molecule has 0 aromatic rings. The molecule has 0 saturated carbocycles. The molecule has 1 aliphatic heterocycles. The van der Waals surface area contributed by atoms with Crippen molar-refractivity contribution in [2.75, 3.05) is 13.2 Å². The van der Waals surface area contributed by atoms with Crippen molar-refractivity contribution in [2.45, 2.75) is 211 Å². The van der Waals surface area contributed by atoms with Gasteiger partial charge in [-0.1, -0.05) is 164 Å². The van der Waals surface area contributed by atoms with E-state index >= 15 is 0 Å². The zero-order valence-electron chi connectivity index (χ0n) is 35.8. The summed E-state index contributed by atoms with van der Waals surface area (Å²) in [5.41, 5.74) is 0. The van der Waals surface area contributed by atoms with E-state index in [0.717, 1.165) is 89.9 Å². The predicted molar refractivity (Wildman–Crippen MR) is 235 cm³/mol. The number of carbonyl (C=O) groups excluding carboxylic acids is 1. The first kappa shape index (κ1) is 52.6. The van der Waals surface area contributed by atoms with E-state index in [2.05, 4.69) is 79.9 Å². The van der Waals surface area contributed by atoms with Gasteiger partial charge in [0, 0.05) is 6.42 Å². The molecule has 7 unspecified atom stereocenters. The summed E-state index contributed by atoms with van der Waals surface area (Å²) in [7, 11) is 0. The summed E-state index contributed by atoms with van der Waals surface area (Å²) < 4.78 is 11.2. The molecule has 1 heterocycles. The Kier molecular flexibility index (Phi) is 35.0. The average molecular weight is 802 g/mol. The molecular weight excluding hydrogens is 719 g/mol. The van der Waals surface area contributed by atoms with Crippen molar-refractivity contribution in [3.8, 4) is 0 Å². The Morgan fingerprint density at radius 2 is 1.11 bits per heavy atom. The van der Waals surface area contributed by atoms with Crippen molar-refractivity contribution >= 4 is 5.91 Å². The van der Waals surface area contributed by atoms with Crippen LogP contribution >= 0.6 is 0 Å². The molecule has 9 heteroatoms. The van der Waals surface area contributed by atoms with Crippen LogP contribution in [0, 0.1) is 0 Å². The topological polar surface area (TPSA) is 149 Å². The lowest BCUT2D eigenvalue weighted by molar-refractivity contribution is -0.302. The van der Waals surface area contributed by atoms with E-state index in [1.54, 1.807) is 6.08 Å². The molecule has 1 rings (SSSR count). The van der Waals surface area contributed by atoms with E-state index in [1.165, 1.54) is 57.8 Å². The molecule has 7 atom stereocenters. The van der Waals surface area contributed by atoms with Gasteiger partial charge in [0.2, 0.25) is 5.91 Å². The molecule has 1 fully saturated rings. The van der Waals surface area contributed by atoms with Gasteiger partial charge >= 0.3 is 0 Å². The van der Waals surface area contributed by atoms with Crippen molar-refractivity contribution in [3.05, 3.63) is 72.9 Å². The Bertz CT molecular complexity index is 1120. The Hall–Kier alpha value is -2.37. The van der Waals surface area contributed by atoms with E-state index in [0.29, 0.717) is 6.42 Å². The molecule has 1 saturated heterocycles. The molecule has 9 nitrogen and oxygen atoms in total. The average Bonchev–Trinajstić information content (AvgIpc) is 3.21. The van der Waals surface area contributed by atoms with Crippen LogP contribution in [0.2, 0.25) is 0 Å². The molecule has 0 aromatic heterocycles. The number of amides is 1. The summed E-state index contributed by atoms with van der Waals surface area (Å²) in [4.78, 5) is 12.9. The molecule has 6 N–H and O–H groups in total. The maximum Gasteiger partial charge on any atom is 0.220 e. The number of aliphatic hydroxyl groups is 5. The Morgan fingerprint density at radius 3 is 1.68 bits per heavy atom. The van der Waals surface area contributed by atoms with Gasteiger partial charge in [-0.05, 0) is 70.6 Å². The first-order valence-electron chi connectivity index (χ1n) is 22.7. The number of aliphatic hydroxyl groups excluding tert-OH is 5. The van der Waals surface area contributed by atoms with E-state index in [9.17, 15) is 30.3 Å². The van der Waals surface area contributed by atoms with Crippen LogP contribution in [-0.4, -0.2) is 87.5 Å². The maximum atomic E-state index is 12.9. The normalized spacial score (nSPS) is 21.7. The number of unbranched alkanes of at least 4 members (excludes halogenated alkanes) is 16. The van der Waals surface area contributed by atoms with Crippen molar-refractivity contribution in [1.29, 1.82) is 0 Å². The monoisotopic (exact) mass is 802 g/mol. The third kappa shape index (κ3) is 28.7. The summed E-state index contributed by atoms with van der Waals surface area (Å²) >= 11 is 0. The number of carbonyl (C=O) groups is 1. The summed E-state index contributed by atoms with van der Waals surface area (Å²) in [6, 6.07) is -0.832. The summed E-state index contributed by atoms with van der Waals surface area (Å²) in [5.74, 6) is -0.205. The highest BCUT2D eigenvalue weighted by atomic mass is 16.7. The van der Waals surface area contributed by atoms with E-state index in [1.807, 2.05) is 6.08 Å². The lowest BCUT2D eigenvalue weighted by Crippen LogP contribution is -2.60. The second-order valence-corrected chi connectivity index (χ2v) is 15.5. The number of rotatable bonds is 36. The first-order valence-corrected chi connectivity index (χ1v) is 22.7. The van der Waals surface area contributed by atoms with Gasteiger partial charge in [-0.15, -0.1) is 0 Å². The van der Waals surface area contributed by atoms with Crippen LogP contribution in [0.5, 0.6) is 0 Å². The smallest absolute Gasteiger partial charge is 0.220 e. The standard InChI is InChI=1S/C48H83NO8/c1-3-5-7-9-11-13-15-17-19-20-21-22-24-26-28-30-32-34-36-38-44(52)49-41(40-56-48-47(55)46(54)45(53)43(39-50)57-48)42(51)37-35-33-31-29-27-25-23-18-16-14-12-10-8-6-4-2/h5,7,11,13,17,19,21-22,27,29,35,37,41-43,45-48,50-51,53-55H,3-4,6,8-10,12,14-16,18,20,23-26,28,30-34,36,38-40H2,1-2H3,(H,49,52)/b7-5-,13-11-,19-17-,22-21-,29-27+,37-35+. The summed E-state index contributed by atoms with van der Waals surface area (Å²) in [6.07, 6.45) is 43.7. The van der Waals surface area contributed by atoms with E-state index < -0.39 is 49.5 Å². The fraction of sp³-hybridized carbons (Fsp3) is 0.729. The van der Waals surface area contributed by atoms with E-state index in [4.69, 9.17) is 9.47 Å². The fourth-order valence-electron chi connectivity index (χ4n) is 6.63. The van der Waals surface area contributed by atoms with Crippen LogP contribution in [0.15, 0.2) is 72.9 Å². The Labute approximate surface area is 347 Å². The second kappa shape index (κ2) is 37.9. The van der Waals surface area contributed by atoms with Crippen molar-refractivity contribution < 1.29 is 39.8 Å². The molecule has 0 aromatic carbocycles. The highest BCUT2D eigenvalue weighted by molar-refractivity contribution is 5.76. The second-order valence-electron chi connectivity index (χ2n) is 15.5. The number of nitrogens with one attached hydrogen (secondary N) is 1. The summed E-state index contributed by atoms with van der Waals surface area (Å²) in [6.45, 7) is 3.61. The van der Waals surface area contributed by atoms with Gasteiger partial charge in [-0.3, -0.25) is 4.79 Å². The van der Waals surface area contributed by atoms with Gasteiger partial charge in [-0.25, -0.2) is 0 Å². The number of hydrogen-bond donors (Lipinski definition) is 6. The molecule has 1 aliphatic rings. The summed E-state index contributed by atoms with van der Waals surface area (Å²) in [5, 5.41) is 54.1. The molecule has 0 aliphatic carbocycles. The largest absolute Gasteiger partial charge is 0.394 e. The third-order valence-corrected chi connectivity index (χ3v) is 10.3. The molecule has 0 spiro atoms. The zero-order chi connectivity index (χ0) is 41.6. The molecular formula is C48H83NO8. The lowest BCUT2D eigenvalue weighted by Gasteiger charge is -2.40. The van der Waals surface area contributed by atoms with Crippen molar-refractivity contribution in [2.24, 2.45) is 0 Å². The van der Waals surface area contributed by atoms with Gasteiger partial charge in [0.1, 0.15) is 24.4 Å². The fourth-order valence-corrected chi connectivity index (χ4v) is 6.63. The molecule has 57 heavy (non-hydrogen) atoms. The van der Waals surface area contributed by atoms with Crippen LogP contribution in [0.25, 0.3) is 0 Å². The van der Waals surface area contributed by atoms with Crippen LogP contribution in [-0.2, 0) is 14.3 Å². The number of hydrogen-bond acceptors (Lipinski definition) is 8. The number of ether oxygens (including phenoxy) is 2. The SMILES string of the molecule is CC/C=C\C/C=C\C/C=C\C/C=C\CCCCCCCCC(=O)NC(COC1OC(CO)C(O)C(O)C1O)C(O)/C=C/CC/C=C/CCCCCCCCCCC. The molecule has 0 radical (unpaired) electrons. The van der Waals surface area contributed by atoms with Crippen molar-refractivity contribution in [3.63, 3.8) is 0 Å². The Balaban J connectivity index is 2.40. The maximum absolute atomic E-state index is 12.9. The lowest BCUT2D eigenvalue weighted by atomic mass is 9.99. The van der Waals surface area contributed by atoms with Crippen LogP contribution < -0.4 is 5.32 Å². The quantitative estimate of drug-likeness (QED) is 0.0271. The van der Waals surface area contributed by atoms with Gasteiger partial charge in [-0.2, -0.15) is 0 Å². The minimum absolute atomic E-state index is 0.205. The predicted octanol–water partition coefficient (Wildman–Crippen LogP) is 9.39. The number of allylic oxidation sites excluding steroid dienone is 11. The van der Waals surface area contributed by atoms with Crippen LogP contribution in [0.4, 0.5) is 0 Å². The Morgan fingerprint density at radius 1 is 0.614 bits per heavy atom.